The number of hydrogen-bond donors (Lipinski definition) is 1. The molecular formula is C8H13F4NO2. The number of alkyl halides is 4. The molecule has 0 aliphatic rings. The lowest BCUT2D eigenvalue weighted by molar-refractivity contribution is -0.181. The first-order valence-electron chi connectivity index (χ1n) is 4.44. The third-order valence-corrected chi connectivity index (χ3v) is 1.71. The average Bonchev–Trinajstić information content (AvgIpc) is 2.16. The van der Waals surface area contributed by atoms with Crippen molar-refractivity contribution in [3.05, 3.63) is 0 Å². The molecule has 0 unspecified atom stereocenters. The summed E-state index contributed by atoms with van der Waals surface area (Å²) in [4.78, 5) is 11.5. The van der Waals surface area contributed by atoms with Crippen LogP contribution in [0.5, 0.6) is 0 Å². The molecule has 0 aromatic rings. The predicted molar refractivity (Wildman–Crippen MR) is 44.9 cm³/mol. The first-order valence-corrected chi connectivity index (χ1v) is 4.44. The van der Waals surface area contributed by atoms with E-state index in [2.05, 4.69) is 0 Å². The Morgan fingerprint density at radius 2 is 1.93 bits per heavy atom. The van der Waals surface area contributed by atoms with Crippen LogP contribution >= 0.6 is 0 Å². The molecule has 15 heavy (non-hydrogen) atoms. The molecule has 0 rings (SSSR count). The number of carbonyl (C=O) groups is 1. The zero-order valence-electron chi connectivity index (χ0n) is 8.22. The summed E-state index contributed by atoms with van der Waals surface area (Å²) in [5, 5.41) is 8.49. The van der Waals surface area contributed by atoms with Gasteiger partial charge in [0.1, 0.15) is 0 Å². The molecular weight excluding hydrogens is 218 g/mol. The molecule has 0 atom stereocenters. The van der Waals surface area contributed by atoms with Gasteiger partial charge in [-0.2, -0.15) is 8.78 Å². The maximum Gasteiger partial charge on any atom is 0.383 e. The lowest BCUT2D eigenvalue weighted by atomic mass is 10.2. The van der Waals surface area contributed by atoms with Gasteiger partial charge in [-0.15, -0.1) is 0 Å². The van der Waals surface area contributed by atoms with Crippen LogP contribution in [0, 0.1) is 0 Å². The molecule has 0 aromatic heterocycles. The van der Waals surface area contributed by atoms with E-state index in [1.165, 1.54) is 0 Å². The van der Waals surface area contributed by atoms with Crippen LogP contribution < -0.4 is 0 Å². The highest BCUT2D eigenvalue weighted by Crippen LogP contribution is 2.25. The number of hydrogen-bond acceptors (Lipinski definition) is 2. The van der Waals surface area contributed by atoms with Gasteiger partial charge in [-0.25, -0.2) is 8.78 Å². The first-order chi connectivity index (χ1) is 6.87. The normalized spacial score (nSPS) is 11.9. The van der Waals surface area contributed by atoms with Crippen molar-refractivity contribution in [2.24, 2.45) is 0 Å². The SMILES string of the molecule is CCCN(CCO)C(=O)C(F)(F)C(F)F. The summed E-state index contributed by atoms with van der Waals surface area (Å²) in [5.41, 5.74) is 0. The van der Waals surface area contributed by atoms with E-state index in [0.717, 1.165) is 0 Å². The van der Waals surface area contributed by atoms with E-state index >= 15 is 0 Å². The number of aliphatic hydroxyl groups excluding tert-OH is 1. The van der Waals surface area contributed by atoms with E-state index in [1.807, 2.05) is 0 Å². The third-order valence-electron chi connectivity index (χ3n) is 1.71. The molecule has 1 amide bonds. The van der Waals surface area contributed by atoms with Crippen molar-refractivity contribution >= 4 is 5.91 Å². The molecule has 0 bridgehead atoms. The summed E-state index contributed by atoms with van der Waals surface area (Å²) in [6, 6.07) is 0. The number of amides is 1. The molecule has 7 heteroatoms. The van der Waals surface area contributed by atoms with Crippen molar-refractivity contribution in [3.63, 3.8) is 0 Å². The van der Waals surface area contributed by atoms with Crippen molar-refractivity contribution in [2.75, 3.05) is 19.7 Å². The van der Waals surface area contributed by atoms with Crippen molar-refractivity contribution in [1.29, 1.82) is 0 Å². The molecule has 0 heterocycles. The van der Waals surface area contributed by atoms with Gasteiger partial charge in [0.25, 0.3) is 5.91 Å². The van der Waals surface area contributed by atoms with E-state index in [9.17, 15) is 22.4 Å². The van der Waals surface area contributed by atoms with Crippen LogP contribution in [0.2, 0.25) is 0 Å². The van der Waals surface area contributed by atoms with E-state index in [-0.39, 0.29) is 13.1 Å². The van der Waals surface area contributed by atoms with E-state index < -0.39 is 24.9 Å². The summed E-state index contributed by atoms with van der Waals surface area (Å²) < 4.78 is 48.9. The molecule has 0 aliphatic heterocycles. The highest BCUT2D eigenvalue weighted by molar-refractivity contribution is 5.84. The van der Waals surface area contributed by atoms with Crippen LogP contribution in [0.1, 0.15) is 13.3 Å². The molecule has 0 radical (unpaired) electrons. The monoisotopic (exact) mass is 231 g/mol. The van der Waals surface area contributed by atoms with Gasteiger partial charge in [-0.05, 0) is 6.42 Å². The molecule has 0 aromatic carbocycles. The second-order valence-corrected chi connectivity index (χ2v) is 2.94. The van der Waals surface area contributed by atoms with Gasteiger partial charge in [-0.1, -0.05) is 6.92 Å². The van der Waals surface area contributed by atoms with E-state index in [1.54, 1.807) is 6.92 Å². The molecule has 0 aliphatic carbocycles. The molecule has 3 nitrogen and oxygen atoms in total. The predicted octanol–water partition coefficient (Wildman–Crippen LogP) is 1.12. The highest BCUT2D eigenvalue weighted by Gasteiger charge is 2.50. The summed E-state index contributed by atoms with van der Waals surface area (Å²) in [6.45, 7) is 0.625. The average molecular weight is 231 g/mol. The van der Waals surface area contributed by atoms with Crippen molar-refractivity contribution < 1.29 is 27.5 Å². The number of rotatable bonds is 6. The minimum Gasteiger partial charge on any atom is -0.395 e. The minimum absolute atomic E-state index is 0.0816. The maximum atomic E-state index is 12.6. The van der Waals surface area contributed by atoms with Gasteiger partial charge in [0.2, 0.25) is 0 Å². The fourth-order valence-electron chi connectivity index (χ4n) is 1.01. The number of nitrogens with zero attached hydrogens (tertiary/aromatic N) is 1. The van der Waals surface area contributed by atoms with E-state index in [0.29, 0.717) is 11.3 Å². The molecule has 0 fully saturated rings. The Hall–Kier alpha value is -0.850. The Morgan fingerprint density at radius 3 is 2.27 bits per heavy atom. The molecule has 0 saturated carbocycles. The van der Waals surface area contributed by atoms with Crippen molar-refractivity contribution in [3.8, 4) is 0 Å². The molecule has 90 valence electrons. The highest BCUT2D eigenvalue weighted by atomic mass is 19.3. The lowest BCUT2D eigenvalue weighted by Crippen LogP contribution is -2.48. The fraction of sp³-hybridized carbons (Fsp3) is 0.875. The summed E-state index contributed by atoms with van der Waals surface area (Å²) in [6.07, 6.45) is -3.67. The van der Waals surface area contributed by atoms with E-state index in [4.69, 9.17) is 5.11 Å². The Labute approximate surface area is 84.7 Å². The van der Waals surface area contributed by atoms with Crippen LogP contribution in [0.15, 0.2) is 0 Å². The Balaban J connectivity index is 4.61. The standard InChI is InChI=1S/C8H13F4NO2/c1-2-3-13(4-5-14)7(15)8(11,12)6(9)10/h6,14H,2-5H2,1H3. The zero-order chi connectivity index (χ0) is 12.1. The smallest absolute Gasteiger partial charge is 0.383 e. The van der Waals surface area contributed by atoms with Gasteiger partial charge in [0.05, 0.1) is 6.61 Å². The minimum atomic E-state index is -4.68. The van der Waals surface area contributed by atoms with Crippen molar-refractivity contribution in [1.82, 2.24) is 4.90 Å². The Kier molecular flexibility index (Phi) is 5.56. The molecule has 0 spiro atoms. The van der Waals surface area contributed by atoms with Gasteiger partial charge < -0.3 is 10.0 Å². The van der Waals surface area contributed by atoms with Crippen molar-refractivity contribution in [2.45, 2.75) is 25.7 Å². The number of halogens is 4. The summed E-state index contributed by atoms with van der Waals surface area (Å²) in [5.74, 6) is -6.61. The summed E-state index contributed by atoms with van der Waals surface area (Å²) >= 11 is 0. The second-order valence-electron chi connectivity index (χ2n) is 2.94. The molecule has 1 N–H and O–H groups in total. The lowest BCUT2D eigenvalue weighted by Gasteiger charge is -2.25. The summed E-state index contributed by atoms with van der Waals surface area (Å²) in [7, 11) is 0. The van der Waals surface area contributed by atoms with Gasteiger partial charge in [-0.3, -0.25) is 4.79 Å². The molecule has 0 saturated heterocycles. The zero-order valence-corrected chi connectivity index (χ0v) is 8.22. The van der Waals surface area contributed by atoms with Crippen LogP contribution in [0.4, 0.5) is 17.6 Å². The van der Waals surface area contributed by atoms with Gasteiger partial charge in [0, 0.05) is 13.1 Å². The topological polar surface area (TPSA) is 40.5 Å². The van der Waals surface area contributed by atoms with Crippen LogP contribution in [-0.4, -0.2) is 48.0 Å². The second kappa shape index (κ2) is 5.89. The Morgan fingerprint density at radius 1 is 1.40 bits per heavy atom. The van der Waals surface area contributed by atoms with Gasteiger partial charge in [0.15, 0.2) is 0 Å². The quantitative estimate of drug-likeness (QED) is 0.696. The van der Waals surface area contributed by atoms with Crippen LogP contribution in [-0.2, 0) is 4.79 Å². The van der Waals surface area contributed by atoms with Crippen LogP contribution in [0.25, 0.3) is 0 Å². The Bertz CT molecular complexity index is 205. The number of carbonyl (C=O) groups excluding carboxylic acids is 1. The van der Waals surface area contributed by atoms with Gasteiger partial charge >= 0.3 is 12.3 Å². The third kappa shape index (κ3) is 3.65. The largest absolute Gasteiger partial charge is 0.395 e. The fourth-order valence-corrected chi connectivity index (χ4v) is 1.01. The number of aliphatic hydroxyl groups is 1. The first kappa shape index (κ1) is 14.2. The van der Waals surface area contributed by atoms with Crippen LogP contribution in [0.3, 0.4) is 0 Å². The maximum absolute atomic E-state index is 12.6.